The Bertz CT molecular complexity index is 1540. The van der Waals surface area contributed by atoms with E-state index in [4.69, 9.17) is 22.9 Å². The second kappa shape index (κ2) is 18.4. The largest absolute Gasteiger partial charge is 0.480 e. The van der Waals surface area contributed by atoms with E-state index in [-0.39, 0.29) is 38.2 Å². The number of guanidine groups is 1. The number of carboxylic acid groups (broad SMARTS) is 1. The van der Waals surface area contributed by atoms with Crippen molar-refractivity contribution in [1.29, 1.82) is 0 Å². The number of carboxylic acids is 1. The number of carbonyl (C=O) groups excluding carboxylic acids is 3. The molecule has 0 unspecified atom stereocenters. The Hall–Kier alpha value is -4.95. The van der Waals surface area contributed by atoms with Crippen LogP contribution in [-0.2, 0) is 32.0 Å². The zero-order valence-electron chi connectivity index (χ0n) is 27.7. The molecule has 0 aliphatic heterocycles. The molecule has 14 heteroatoms. The molecular formula is C34H49N9O5. The van der Waals surface area contributed by atoms with Gasteiger partial charge in [-0.05, 0) is 62.3 Å². The van der Waals surface area contributed by atoms with Gasteiger partial charge in [0, 0.05) is 44.2 Å². The van der Waals surface area contributed by atoms with Crippen molar-refractivity contribution in [3.8, 4) is 0 Å². The SMILES string of the molecule is CN(C(=O)[C@H](N)Cc1ccccc1)[C@@H](CCCN=C(N)N)C(=O)N[C@@H](Cc1c[nH]c2ccccc12)C(=O)N(C)[C@@H](CCCCN)C(=O)O. The number of amides is 3. The van der Waals surface area contributed by atoms with Crippen LogP contribution in [-0.4, -0.2) is 101 Å². The highest BCUT2D eigenvalue weighted by Crippen LogP contribution is 2.21. The fraction of sp³-hybridized carbons (Fsp3) is 0.441. The molecule has 14 nitrogen and oxygen atoms in total. The van der Waals surface area contributed by atoms with Crippen LogP contribution in [0, 0.1) is 0 Å². The van der Waals surface area contributed by atoms with Gasteiger partial charge in [0.1, 0.15) is 18.1 Å². The van der Waals surface area contributed by atoms with Gasteiger partial charge in [-0.15, -0.1) is 0 Å². The molecule has 3 amide bonds. The fourth-order valence-corrected chi connectivity index (χ4v) is 5.72. The first-order valence-corrected chi connectivity index (χ1v) is 16.1. The van der Waals surface area contributed by atoms with Gasteiger partial charge < -0.3 is 48.1 Å². The quantitative estimate of drug-likeness (QED) is 0.0541. The van der Waals surface area contributed by atoms with Crippen LogP contribution in [0.2, 0.25) is 0 Å². The van der Waals surface area contributed by atoms with Crippen molar-refractivity contribution in [2.45, 2.75) is 69.1 Å². The average molecular weight is 664 g/mol. The summed E-state index contributed by atoms with van der Waals surface area (Å²) in [5.41, 5.74) is 25.4. The van der Waals surface area contributed by atoms with Gasteiger partial charge >= 0.3 is 5.97 Å². The molecule has 3 rings (SSSR count). The summed E-state index contributed by atoms with van der Waals surface area (Å²) in [6.07, 6.45) is 3.94. The third kappa shape index (κ3) is 10.5. The van der Waals surface area contributed by atoms with Crippen LogP contribution in [0.5, 0.6) is 0 Å². The molecule has 0 fully saturated rings. The second-order valence-corrected chi connectivity index (χ2v) is 11.9. The first kappa shape index (κ1) is 37.5. The van der Waals surface area contributed by atoms with Crippen LogP contribution in [0.1, 0.15) is 43.2 Å². The minimum Gasteiger partial charge on any atom is -0.480 e. The topological polar surface area (TPSA) is 239 Å². The predicted molar refractivity (Wildman–Crippen MR) is 186 cm³/mol. The van der Waals surface area contributed by atoms with E-state index < -0.39 is 47.9 Å². The van der Waals surface area contributed by atoms with Crippen molar-refractivity contribution in [3.63, 3.8) is 0 Å². The van der Waals surface area contributed by atoms with Gasteiger partial charge in [-0.2, -0.15) is 0 Å². The molecule has 2 aromatic carbocycles. The highest BCUT2D eigenvalue weighted by molar-refractivity contribution is 5.95. The third-order valence-corrected chi connectivity index (χ3v) is 8.41. The number of benzene rings is 2. The van der Waals surface area contributed by atoms with Gasteiger partial charge in [-0.1, -0.05) is 48.5 Å². The minimum atomic E-state index is -1.16. The summed E-state index contributed by atoms with van der Waals surface area (Å²) >= 11 is 0. The Morgan fingerprint density at radius 3 is 2.19 bits per heavy atom. The average Bonchev–Trinajstić information content (AvgIpc) is 3.47. The van der Waals surface area contributed by atoms with Gasteiger partial charge in [0.25, 0.3) is 0 Å². The van der Waals surface area contributed by atoms with Gasteiger partial charge in [0.2, 0.25) is 17.7 Å². The van der Waals surface area contributed by atoms with Crippen molar-refractivity contribution >= 4 is 40.6 Å². The number of fused-ring (bicyclic) bond motifs is 1. The lowest BCUT2D eigenvalue weighted by Gasteiger charge is -2.33. The first-order valence-electron chi connectivity index (χ1n) is 16.1. The molecule has 0 radical (unpaired) electrons. The van der Waals surface area contributed by atoms with Gasteiger partial charge in [0.05, 0.1) is 6.04 Å². The van der Waals surface area contributed by atoms with Crippen LogP contribution in [0.4, 0.5) is 0 Å². The predicted octanol–water partition coefficient (Wildman–Crippen LogP) is 0.686. The maximum atomic E-state index is 14.1. The molecule has 260 valence electrons. The molecule has 0 saturated heterocycles. The van der Waals surface area contributed by atoms with E-state index in [0.29, 0.717) is 25.8 Å². The number of hydrogen-bond donors (Lipinski definition) is 7. The summed E-state index contributed by atoms with van der Waals surface area (Å²) in [6, 6.07) is 12.6. The van der Waals surface area contributed by atoms with Crippen molar-refractivity contribution in [2.75, 3.05) is 27.2 Å². The monoisotopic (exact) mass is 663 g/mol. The number of unbranched alkanes of at least 4 members (excludes halogenated alkanes) is 1. The van der Waals surface area contributed by atoms with E-state index in [0.717, 1.165) is 26.9 Å². The van der Waals surface area contributed by atoms with Crippen LogP contribution >= 0.6 is 0 Å². The second-order valence-electron chi connectivity index (χ2n) is 11.9. The van der Waals surface area contributed by atoms with E-state index in [9.17, 15) is 24.3 Å². The van der Waals surface area contributed by atoms with E-state index in [1.165, 1.54) is 19.0 Å². The molecule has 0 spiro atoms. The van der Waals surface area contributed by atoms with Crippen molar-refractivity contribution in [3.05, 3.63) is 71.9 Å². The highest BCUT2D eigenvalue weighted by Gasteiger charge is 2.36. The molecule has 4 atom stereocenters. The molecule has 3 aromatic rings. The number of nitrogens with zero attached hydrogens (tertiary/aromatic N) is 3. The number of carbonyl (C=O) groups is 4. The molecule has 0 saturated carbocycles. The minimum absolute atomic E-state index is 0.0694. The third-order valence-electron chi connectivity index (χ3n) is 8.41. The molecule has 1 aromatic heterocycles. The Morgan fingerprint density at radius 1 is 0.875 bits per heavy atom. The summed E-state index contributed by atoms with van der Waals surface area (Å²) < 4.78 is 0. The van der Waals surface area contributed by atoms with Crippen molar-refractivity contribution in [1.82, 2.24) is 20.1 Å². The highest BCUT2D eigenvalue weighted by atomic mass is 16.4. The standard InChI is InChI=1S/C34H49N9O5/c1-42(31(45)25(36)19-22-11-4-3-5-12-22)28(16-10-18-39-34(37)38)30(44)41-27(20-23-21-40-26-14-7-6-13-24(23)26)32(46)43(2)29(33(47)48)15-8-9-17-35/h3-7,11-14,21,25,27-29,40H,8-10,15-20,35-36H2,1-2H3,(H,41,44)(H,47,48)(H4,37,38,39)/t25-,27+,28+,29+/m1/s1. The van der Waals surface area contributed by atoms with Gasteiger partial charge in [-0.3, -0.25) is 19.4 Å². The Morgan fingerprint density at radius 2 is 1.52 bits per heavy atom. The molecule has 1 heterocycles. The maximum Gasteiger partial charge on any atom is 0.326 e. The van der Waals surface area contributed by atoms with Crippen LogP contribution in [0.15, 0.2) is 65.8 Å². The Balaban J connectivity index is 1.92. The Labute approximate surface area is 280 Å². The number of aromatic nitrogens is 1. The molecule has 48 heavy (non-hydrogen) atoms. The number of rotatable bonds is 19. The normalized spacial score (nSPS) is 13.6. The lowest BCUT2D eigenvalue weighted by molar-refractivity contribution is -0.151. The smallest absolute Gasteiger partial charge is 0.326 e. The van der Waals surface area contributed by atoms with Crippen LogP contribution < -0.4 is 28.3 Å². The van der Waals surface area contributed by atoms with Gasteiger partial charge in [-0.25, -0.2) is 4.79 Å². The fourth-order valence-electron chi connectivity index (χ4n) is 5.72. The van der Waals surface area contributed by atoms with E-state index >= 15 is 0 Å². The number of hydrogen-bond acceptors (Lipinski definition) is 7. The van der Waals surface area contributed by atoms with E-state index in [1.54, 1.807) is 6.20 Å². The zero-order chi connectivity index (χ0) is 35.2. The Kier molecular flexibility index (Phi) is 14.4. The summed E-state index contributed by atoms with van der Waals surface area (Å²) in [6.45, 7) is 0.614. The molecular weight excluding hydrogens is 614 g/mol. The molecule has 0 bridgehead atoms. The number of nitrogens with two attached hydrogens (primary N) is 4. The maximum absolute atomic E-state index is 14.1. The van der Waals surface area contributed by atoms with Crippen molar-refractivity contribution in [2.24, 2.45) is 27.9 Å². The first-order chi connectivity index (χ1) is 22.9. The van der Waals surface area contributed by atoms with Crippen LogP contribution in [0.25, 0.3) is 10.9 Å². The lowest BCUT2D eigenvalue weighted by atomic mass is 10.0. The number of para-hydroxylation sites is 1. The van der Waals surface area contributed by atoms with E-state index in [2.05, 4.69) is 15.3 Å². The molecule has 0 aliphatic carbocycles. The van der Waals surface area contributed by atoms with Crippen molar-refractivity contribution < 1.29 is 24.3 Å². The number of nitrogens with one attached hydrogen (secondary N) is 2. The zero-order valence-corrected chi connectivity index (χ0v) is 27.7. The molecule has 0 aliphatic rings. The number of H-pyrrole nitrogens is 1. The van der Waals surface area contributed by atoms with E-state index in [1.807, 2.05) is 54.6 Å². The number of aliphatic imine (C=N–C) groups is 1. The number of likely N-dealkylation sites (N-methyl/N-ethyl adjacent to an activating group) is 2. The molecule has 11 N–H and O–H groups in total. The summed E-state index contributed by atoms with van der Waals surface area (Å²) in [7, 11) is 2.92. The summed E-state index contributed by atoms with van der Waals surface area (Å²) in [4.78, 5) is 63.6. The van der Waals surface area contributed by atoms with Crippen LogP contribution in [0.3, 0.4) is 0 Å². The number of aliphatic carboxylic acids is 1. The summed E-state index contributed by atoms with van der Waals surface area (Å²) in [5, 5.41) is 13.7. The van der Waals surface area contributed by atoms with Gasteiger partial charge in [0.15, 0.2) is 5.96 Å². The lowest BCUT2D eigenvalue weighted by Crippen LogP contribution is -2.58. The summed E-state index contributed by atoms with van der Waals surface area (Å²) in [5.74, 6) is -2.89. The number of aromatic amines is 1.